The van der Waals surface area contributed by atoms with Gasteiger partial charge in [-0.05, 0) is 30.4 Å². The van der Waals surface area contributed by atoms with Crippen LogP contribution in [0.1, 0.15) is 31.7 Å². The molecular weight excluding hydrogens is 344 g/mol. The van der Waals surface area contributed by atoms with Crippen LogP contribution in [-0.4, -0.2) is 47.7 Å². The Morgan fingerprint density at radius 2 is 2.19 bits per heavy atom. The number of carbonyl (C=O) groups excluding carboxylic acids is 2. The third-order valence-electron chi connectivity index (χ3n) is 6.08. The zero-order valence-electron chi connectivity index (χ0n) is 15.8. The van der Waals surface area contributed by atoms with Crippen LogP contribution >= 0.6 is 0 Å². The molecule has 0 saturated carbocycles. The number of hydrogen-bond donors (Lipinski definition) is 1. The van der Waals surface area contributed by atoms with Gasteiger partial charge in [0.2, 0.25) is 5.91 Å². The molecule has 1 amide bonds. The Kier molecular flexibility index (Phi) is 4.91. The number of carbonyl (C=O) groups is 2. The monoisotopic (exact) mass is 370 g/mol. The van der Waals surface area contributed by atoms with Gasteiger partial charge in [0.25, 0.3) is 0 Å². The normalized spacial score (nSPS) is 27.8. The number of hydrogen-bond acceptors (Lipinski definition) is 4. The number of piperidine rings is 1. The molecule has 4 rings (SSSR count). The molecule has 27 heavy (non-hydrogen) atoms. The summed E-state index contributed by atoms with van der Waals surface area (Å²) >= 11 is 0. The SMILES string of the molecule is CC[C@H]1[C@H](CC(=O)OC)CC(=O)N2[C@@H](Cc3c[nH]c4ccccc34)CO[C@H]12. The van der Waals surface area contributed by atoms with Gasteiger partial charge < -0.3 is 19.4 Å². The minimum absolute atomic E-state index is 0.0111. The molecule has 3 heterocycles. The second-order valence-corrected chi connectivity index (χ2v) is 7.56. The van der Waals surface area contributed by atoms with E-state index in [1.807, 2.05) is 23.2 Å². The standard InChI is InChI=1S/C21H26N2O4/c1-3-16-13(10-20(25)26-2)9-19(24)23-15(12-27-21(16)23)8-14-11-22-18-7-5-4-6-17(14)18/h4-7,11,13,15-16,21-22H,3,8-10,12H2,1-2H3/t13-,15-,16-,21+/m0/s1. The van der Waals surface area contributed by atoms with Gasteiger partial charge in [0.1, 0.15) is 6.23 Å². The second kappa shape index (κ2) is 7.35. The van der Waals surface area contributed by atoms with Crippen LogP contribution in [0.4, 0.5) is 0 Å². The van der Waals surface area contributed by atoms with Crippen LogP contribution in [0.3, 0.4) is 0 Å². The highest BCUT2D eigenvalue weighted by Gasteiger charge is 2.49. The number of amides is 1. The summed E-state index contributed by atoms with van der Waals surface area (Å²) in [5.41, 5.74) is 2.31. The highest BCUT2D eigenvalue weighted by Crippen LogP contribution is 2.40. The Morgan fingerprint density at radius 1 is 1.37 bits per heavy atom. The molecule has 0 aliphatic carbocycles. The largest absolute Gasteiger partial charge is 0.469 e. The molecule has 1 aromatic heterocycles. The van der Waals surface area contributed by atoms with E-state index < -0.39 is 0 Å². The first-order valence-corrected chi connectivity index (χ1v) is 9.67. The number of para-hydroxylation sites is 1. The fourth-order valence-electron chi connectivity index (χ4n) is 4.73. The molecule has 2 aliphatic heterocycles. The Hall–Kier alpha value is -2.34. The number of esters is 1. The Bertz CT molecular complexity index is 846. The molecule has 6 heteroatoms. The van der Waals surface area contributed by atoms with Gasteiger partial charge in [-0.2, -0.15) is 0 Å². The van der Waals surface area contributed by atoms with E-state index in [1.165, 1.54) is 18.1 Å². The van der Waals surface area contributed by atoms with Crippen molar-refractivity contribution in [1.82, 2.24) is 9.88 Å². The van der Waals surface area contributed by atoms with Crippen LogP contribution in [0, 0.1) is 11.8 Å². The molecule has 4 atom stereocenters. The zero-order valence-corrected chi connectivity index (χ0v) is 15.8. The first-order chi connectivity index (χ1) is 13.1. The molecule has 0 bridgehead atoms. The maximum Gasteiger partial charge on any atom is 0.305 e. The van der Waals surface area contributed by atoms with Crippen molar-refractivity contribution in [2.24, 2.45) is 11.8 Å². The number of methoxy groups -OCH3 is 1. The summed E-state index contributed by atoms with van der Waals surface area (Å²) in [7, 11) is 1.39. The van der Waals surface area contributed by atoms with Gasteiger partial charge in [0.05, 0.1) is 19.8 Å². The van der Waals surface area contributed by atoms with E-state index in [9.17, 15) is 9.59 Å². The van der Waals surface area contributed by atoms with Gasteiger partial charge in [0.15, 0.2) is 0 Å². The maximum absolute atomic E-state index is 12.9. The third kappa shape index (κ3) is 3.23. The highest BCUT2D eigenvalue weighted by atomic mass is 16.5. The smallest absolute Gasteiger partial charge is 0.305 e. The minimum Gasteiger partial charge on any atom is -0.469 e. The lowest BCUT2D eigenvalue weighted by Crippen LogP contribution is -2.52. The molecule has 144 valence electrons. The van der Waals surface area contributed by atoms with Gasteiger partial charge >= 0.3 is 5.97 Å². The summed E-state index contributed by atoms with van der Waals surface area (Å²) in [4.78, 5) is 29.9. The predicted octanol–water partition coefficient (Wildman–Crippen LogP) is 2.87. The number of ether oxygens (including phenoxy) is 2. The molecule has 2 fully saturated rings. The number of benzene rings is 1. The molecule has 0 spiro atoms. The van der Waals surface area contributed by atoms with Gasteiger partial charge in [-0.15, -0.1) is 0 Å². The maximum atomic E-state index is 12.9. The molecule has 2 saturated heterocycles. The Labute approximate surface area is 158 Å². The van der Waals surface area contributed by atoms with E-state index in [-0.39, 0.29) is 42.4 Å². The zero-order chi connectivity index (χ0) is 19.0. The number of aromatic nitrogens is 1. The predicted molar refractivity (Wildman–Crippen MR) is 101 cm³/mol. The summed E-state index contributed by atoms with van der Waals surface area (Å²) in [6.07, 6.45) is 4.10. The van der Waals surface area contributed by atoms with Gasteiger partial charge in [-0.3, -0.25) is 9.59 Å². The fourth-order valence-corrected chi connectivity index (χ4v) is 4.73. The quantitative estimate of drug-likeness (QED) is 0.822. The van der Waals surface area contributed by atoms with Crippen LogP contribution in [0.5, 0.6) is 0 Å². The second-order valence-electron chi connectivity index (χ2n) is 7.56. The van der Waals surface area contributed by atoms with E-state index in [1.54, 1.807) is 0 Å². The summed E-state index contributed by atoms with van der Waals surface area (Å²) in [5.74, 6) is -0.0215. The van der Waals surface area contributed by atoms with E-state index in [0.717, 1.165) is 18.4 Å². The van der Waals surface area contributed by atoms with E-state index >= 15 is 0 Å². The van der Waals surface area contributed by atoms with Crippen LogP contribution in [0.15, 0.2) is 30.5 Å². The Morgan fingerprint density at radius 3 is 2.96 bits per heavy atom. The van der Waals surface area contributed by atoms with Crippen LogP contribution < -0.4 is 0 Å². The molecule has 6 nitrogen and oxygen atoms in total. The van der Waals surface area contributed by atoms with Crippen LogP contribution in [0.25, 0.3) is 10.9 Å². The van der Waals surface area contributed by atoms with E-state index in [2.05, 4.69) is 24.0 Å². The number of nitrogens with zero attached hydrogens (tertiary/aromatic N) is 1. The van der Waals surface area contributed by atoms with Crippen molar-refractivity contribution in [3.63, 3.8) is 0 Å². The van der Waals surface area contributed by atoms with Crippen molar-refractivity contribution in [3.05, 3.63) is 36.0 Å². The molecular formula is C21H26N2O4. The first kappa shape index (κ1) is 18.0. The number of aromatic amines is 1. The molecule has 1 N–H and O–H groups in total. The van der Waals surface area contributed by atoms with Crippen LogP contribution in [0.2, 0.25) is 0 Å². The lowest BCUT2D eigenvalue weighted by atomic mass is 9.79. The van der Waals surface area contributed by atoms with Gasteiger partial charge in [-0.1, -0.05) is 25.1 Å². The van der Waals surface area contributed by atoms with Gasteiger partial charge in [-0.25, -0.2) is 0 Å². The van der Waals surface area contributed by atoms with Crippen molar-refractivity contribution in [2.45, 2.75) is 44.9 Å². The molecule has 1 aromatic carbocycles. The number of rotatable bonds is 5. The minimum atomic E-state index is -0.256. The fraction of sp³-hybridized carbons (Fsp3) is 0.524. The summed E-state index contributed by atoms with van der Waals surface area (Å²) in [6, 6.07) is 8.25. The summed E-state index contributed by atoms with van der Waals surface area (Å²) in [6.45, 7) is 2.64. The first-order valence-electron chi connectivity index (χ1n) is 9.67. The number of H-pyrrole nitrogens is 1. The van der Waals surface area contributed by atoms with Crippen molar-refractivity contribution >= 4 is 22.8 Å². The van der Waals surface area contributed by atoms with Crippen molar-refractivity contribution in [3.8, 4) is 0 Å². The van der Waals surface area contributed by atoms with Gasteiger partial charge in [0, 0.05) is 35.9 Å². The number of fused-ring (bicyclic) bond motifs is 2. The topological polar surface area (TPSA) is 71.6 Å². The van der Waals surface area contributed by atoms with E-state index in [0.29, 0.717) is 13.0 Å². The van der Waals surface area contributed by atoms with Crippen molar-refractivity contribution in [2.75, 3.05) is 13.7 Å². The molecule has 2 aromatic rings. The number of nitrogens with one attached hydrogen (secondary N) is 1. The van der Waals surface area contributed by atoms with Crippen LogP contribution in [-0.2, 0) is 25.5 Å². The lowest BCUT2D eigenvalue weighted by molar-refractivity contribution is -0.156. The van der Waals surface area contributed by atoms with E-state index in [4.69, 9.17) is 9.47 Å². The molecule has 0 radical (unpaired) electrons. The third-order valence-corrected chi connectivity index (χ3v) is 6.08. The van der Waals surface area contributed by atoms with Crippen molar-refractivity contribution in [1.29, 1.82) is 0 Å². The molecule has 0 unspecified atom stereocenters. The lowest BCUT2D eigenvalue weighted by Gasteiger charge is -2.41. The Balaban J connectivity index is 1.54. The highest BCUT2D eigenvalue weighted by molar-refractivity contribution is 5.83. The average Bonchev–Trinajstić information content (AvgIpc) is 3.27. The summed E-state index contributed by atoms with van der Waals surface area (Å²) in [5, 5.41) is 1.20. The summed E-state index contributed by atoms with van der Waals surface area (Å²) < 4.78 is 10.9. The molecule has 2 aliphatic rings. The van der Waals surface area contributed by atoms with Crippen molar-refractivity contribution < 1.29 is 19.1 Å². The average molecular weight is 370 g/mol.